The molecule has 17 heavy (non-hydrogen) atoms. The fourth-order valence-electron chi connectivity index (χ4n) is 1.68. The van der Waals surface area contributed by atoms with Crippen molar-refractivity contribution < 1.29 is 9.90 Å². The molecule has 0 radical (unpaired) electrons. The Balaban J connectivity index is 2.24. The van der Waals surface area contributed by atoms with E-state index in [1.807, 2.05) is 31.2 Å². The van der Waals surface area contributed by atoms with Crippen LogP contribution >= 0.6 is 0 Å². The number of aryl methyl sites for hydroxylation is 1. The standard InChI is InChI=1S/C13H14N2O2/c1-9-3-5-11(6-4-9)8-15-10(2)12(7-14-15)13(16)17/h3-7H,8H2,1-2H3,(H,16,17). The molecule has 0 saturated heterocycles. The van der Waals surface area contributed by atoms with Crippen LogP contribution in [0.3, 0.4) is 0 Å². The topological polar surface area (TPSA) is 55.1 Å². The number of rotatable bonds is 3. The van der Waals surface area contributed by atoms with E-state index < -0.39 is 5.97 Å². The Labute approximate surface area is 99.5 Å². The molecule has 4 nitrogen and oxygen atoms in total. The normalized spacial score (nSPS) is 10.5. The molecule has 0 fully saturated rings. The summed E-state index contributed by atoms with van der Waals surface area (Å²) in [5.74, 6) is -0.933. The second kappa shape index (κ2) is 4.41. The van der Waals surface area contributed by atoms with Crippen molar-refractivity contribution in [2.75, 3.05) is 0 Å². The maximum absolute atomic E-state index is 10.9. The van der Waals surface area contributed by atoms with E-state index in [9.17, 15) is 4.79 Å². The predicted octanol–water partition coefficient (Wildman–Crippen LogP) is 2.25. The Morgan fingerprint density at radius 1 is 1.29 bits per heavy atom. The minimum absolute atomic E-state index is 0.261. The SMILES string of the molecule is Cc1ccc(Cn2ncc(C(=O)O)c2C)cc1. The molecule has 0 aliphatic carbocycles. The lowest BCUT2D eigenvalue weighted by Gasteiger charge is -2.05. The van der Waals surface area contributed by atoms with Crippen molar-refractivity contribution in [3.05, 3.63) is 52.8 Å². The summed E-state index contributed by atoms with van der Waals surface area (Å²) < 4.78 is 1.70. The fraction of sp³-hybridized carbons (Fsp3) is 0.231. The zero-order valence-corrected chi connectivity index (χ0v) is 9.84. The highest BCUT2D eigenvalue weighted by atomic mass is 16.4. The van der Waals surface area contributed by atoms with Gasteiger partial charge in [-0.25, -0.2) is 4.79 Å². The summed E-state index contributed by atoms with van der Waals surface area (Å²) in [4.78, 5) is 10.9. The zero-order valence-electron chi connectivity index (χ0n) is 9.84. The van der Waals surface area contributed by atoms with Crippen LogP contribution < -0.4 is 0 Å². The van der Waals surface area contributed by atoms with Gasteiger partial charge in [-0.3, -0.25) is 4.68 Å². The molecule has 1 aromatic heterocycles. The van der Waals surface area contributed by atoms with E-state index in [1.54, 1.807) is 11.6 Å². The van der Waals surface area contributed by atoms with Gasteiger partial charge in [-0.15, -0.1) is 0 Å². The molecule has 1 heterocycles. The maximum Gasteiger partial charge on any atom is 0.339 e. The maximum atomic E-state index is 10.9. The summed E-state index contributed by atoms with van der Waals surface area (Å²) in [6.45, 7) is 4.40. The van der Waals surface area contributed by atoms with Gasteiger partial charge in [0.05, 0.1) is 18.4 Å². The first-order valence-electron chi connectivity index (χ1n) is 5.39. The molecular formula is C13H14N2O2. The van der Waals surface area contributed by atoms with Crippen LogP contribution in [-0.2, 0) is 6.54 Å². The summed E-state index contributed by atoms with van der Waals surface area (Å²) in [5, 5.41) is 13.0. The van der Waals surface area contributed by atoms with Crippen LogP contribution in [0.1, 0.15) is 27.2 Å². The largest absolute Gasteiger partial charge is 0.478 e. The summed E-state index contributed by atoms with van der Waals surface area (Å²) in [5.41, 5.74) is 3.26. The molecule has 0 aliphatic heterocycles. The average molecular weight is 230 g/mol. The first-order chi connectivity index (χ1) is 8.08. The van der Waals surface area contributed by atoms with Crippen molar-refractivity contribution in [3.63, 3.8) is 0 Å². The highest BCUT2D eigenvalue weighted by Crippen LogP contribution is 2.10. The molecule has 0 aliphatic rings. The number of benzene rings is 1. The Kier molecular flexibility index (Phi) is 2.95. The summed E-state index contributed by atoms with van der Waals surface area (Å²) in [6.07, 6.45) is 1.39. The smallest absolute Gasteiger partial charge is 0.339 e. The van der Waals surface area contributed by atoms with Crippen LogP contribution in [0.25, 0.3) is 0 Å². The van der Waals surface area contributed by atoms with Crippen LogP contribution in [0.5, 0.6) is 0 Å². The molecule has 2 aromatic rings. The number of carbonyl (C=O) groups is 1. The van der Waals surface area contributed by atoms with Crippen LogP contribution in [0.15, 0.2) is 30.5 Å². The van der Waals surface area contributed by atoms with Gasteiger partial charge in [0.15, 0.2) is 0 Å². The van der Waals surface area contributed by atoms with Gasteiger partial charge in [-0.2, -0.15) is 5.10 Å². The van der Waals surface area contributed by atoms with Crippen LogP contribution in [-0.4, -0.2) is 20.9 Å². The third-order valence-corrected chi connectivity index (χ3v) is 2.79. The molecule has 2 rings (SSSR count). The minimum atomic E-state index is -0.933. The average Bonchev–Trinajstić information content (AvgIpc) is 2.64. The van der Waals surface area contributed by atoms with Crippen molar-refractivity contribution in [2.24, 2.45) is 0 Å². The molecular weight excluding hydrogens is 216 g/mol. The van der Waals surface area contributed by atoms with Crippen molar-refractivity contribution in [1.29, 1.82) is 0 Å². The van der Waals surface area contributed by atoms with Gasteiger partial charge in [-0.05, 0) is 19.4 Å². The van der Waals surface area contributed by atoms with E-state index in [4.69, 9.17) is 5.11 Å². The molecule has 0 atom stereocenters. The number of hydrogen-bond acceptors (Lipinski definition) is 2. The lowest BCUT2D eigenvalue weighted by atomic mass is 10.1. The second-order valence-electron chi connectivity index (χ2n) is 4.09. The van der Waals surface area contributed by atoms with E-state index in [0.29, 0.717) is 12.2 Å². The molecule has 0 unspecified atom stereocenters. The van der Waals surface area contributed by atoms with Crippen molar-refractivity contribution in [3.8, 4) is 0 Å². The number of carboxylic acids is 1. The number of carboxylic acid groups (broad SMARTS) is 1. The minimum Gasteiger partial charge on any atom is -0.478 e. The Bertz CT molecular complexity index is 541. The van der Waals surface area contributed by atoms with E-state index in [1.165, 1.54) is 11.8 Å². The van der Waals surface area contributed by atoms with Gasteiger partial charge in [0, 0.05) is 0 Å². The number of aromatic nitrogens is 2. The van der Waals surface area contributed by atoms with Gasteiger partial charge >= 0.3 is 5.97 Å². The van der Waals surface area contributed by atoms with E-state index in [-0.39, 0.29) is 5.56 Å². The lowest BCUT2D eigenvalue weighted by molar-refractivity contribution is 0.0696. The van der Waals surface area contributed by atoms with Crippen LogP contribution in [0.2, 0.25) is 0 Å². The Hall–Kier alpha value is -2.10. The number of nitrogens with zero attached hydrogens (tertiary/aromatic N) is 2. The third kappa shape index (κ3) is 2.36. The van der Waals surface area contributed by atoms with E-state index >= 15 is 0 Å². The first kappa shape index (κ1) is 11.4. The molecule has 0 bridgehead atoms. The van der Waals surface area contributed by atoms with Crippen molar-refractivity contribution in [2.45, 2.75) is 20.4 Å². The molecule has 0 spiro atoms. The lowest BCUT2D eigenvalue weighted by Crippen LogP contribution is -2.05. The van der Waals surface area contributed by atoms with Gasteiger partial charge < -0.3 is 5.11 Å². The monoisotopic (exact) mass is 230 g/mol. The third-order valence-electron chi connectivity index (χ3n) is 2.79. The Morgan fingerprint density at radius 2 is 1.94 bits per heavy atom. The van der Waals surface area contributed by atoms with E-state index in [0.717, 1.165) is 5.56 Å². The molecule has 88 valence electrons. The highest BCUT2D eigenvalue weighted by molar-refractivity contribution is 5.88. The fourth-order valence-corrected chi connectivity index (χ4v) is 1.68. The van der Waals surface area contributed by atoms with Crippen molar-refractivity contribution in [1.82, 2.24) is 9.78 Å². The van der Waals surface area contributed by atoms with Gasteiger partial charge in [0.1, 0.15) is 5.56 Å². The number of aromatic carboxylic acids is 1. The highest BCUT2D eigenvalue weighted by Gasteiger charge is 2.12. The van der Waals surface area contributed by atoms with Gasteiger partial charge in [0.2, 0.25) is 0 Å². The second-order valence-corrected chi connectivity index (χ2v) is 4.09. The summed E-state index contributed by atoms with van der Waals surface area (Å²) in [6, 6.07) is 8.12. The van der Waals surface area contributed by atoms with Gasteiger partial charge in [-0.1, -0.05) is 29.8 Å². The van der Waals surface area contributed by atoms with Crippen LogP contribution in [0, 0.1) is 13.8 Å². The first-order valence-corrected chi connectivity index (χ1v) is 5.39. The quantitative estimate of drug-likeness (QED) is 0.879. The zero-order chi connectivity index (χ0) is 12.4. The molecule has 0 saturated carbocycles. The molecule has 1 N–H and O–H groups in total. The molecule has 0 amide bonds. The predicted molar refractivity (Wildman–Crippen MR) is 64.2 cm³/mol. The summed E-state index contributed by atoms with van der Waals surface area (Å²) in [7, 11) is 0. The van der Waals surface area contributed by atoms with Crippen LogP contribution in [0.4, 0.5) is 0 Å². The number of hydrogen-bond donors (Lipinski definition) is 1. The van der Waals surface area contributed by atoms with Crippen molar-refractivity contribution >= 4 is 5.97 Å². The molecule has 4 heteroatoms. The van der Waals surface area contributed by atoms with E-state index in [2.05, 4.69) is 5.10 Å². The Morgan fingerprint density at radius 3 is 2.47 bits per heavy atom. The summed E-state index contributed by atoms with van der Waals surface area (Å²) >= 11 is 0. The molecule has 1 aromatic carbocycles. The van der Waals surface area contributed by atoms with Gasteiger partial charge in [0.25, 0.3) is 0 Å².